The van der Waals surface area contributed by atoms with Crippen LogP contribution in [0.4, 0.5) is 0 Å². The first-order chi connectivity index (χ1) is 12.1. The molecule has 1 aromatic heterocycles. The Hall–Kier alpha value is -3.17. The Morgan fingerprint density at radius 3 is 2.52 bits per heavy atom. The molecule has 0 aliphatic heterocycles. The average molecular weight is 348 g/mol. The zero-order valence-corrected chi connectivity index (χ0v) is 14.4. The second-order valence-electron chi connectivity index (χ2n) is 5.58. The largest absolute Gasteiger partial charge is 0.344 e. The lowest BCUT2D eigenvalue weighted by Gasteiger charge is -2.15. The first-order valence-electron chi connectivity index (χ1n) is 7.77. The van der Waals surface area contributed by atoms with Gasteiger partial charge in [0.2, 0.25) is 0 Å². The molecule has 0 radical (unpaired) electrons. The van der Waals surface area contributed by atoms with Crippen LogP contribution in [-0.2, 0) is 0 Å². The minimum Gasteiger partial charge on any atom is -0.344 e. The zero-order chi connectivity index (χ0) is 17.8. The molecule has 1 heterocycles. The van der Waals surface area contributed by atoms with Gasteiger partial charge in [-0.2, -0.15) is 5.26 Å². The summed E-state index contributed by atoms with van der Waals surface area (Å²) in [4.78, 5) is 15.6. The highest BCUT2D eigenvalue weighted by Crippen LogP contribution is 2.16. The molecule has 0 aliphatic carbocycles. The van der Waals surface area contributed by atoms with Crippen LogP contribution in [0.5, 0.6) is 0 Å². The Morgan fingerprint density at radius 2 is 1.88 bits per heavy atom. The lowest BCUT2D eigenvalue weighted by atomic mass is 10.1. The van der Waals surface area contributed by atoms with Crippen molar-refractivity contribution in [1.82, 2.24) is 14.9 Å². The number of hydrogen-bond donors (Lipinski definition) is 2. The number of carbonyl (C=O) groups excluding carboxylic acids is 1. The number of aromatic amines is 1. The van der Waals surface area contributed by atoms with E-state index in [2.05, 4.69) is 16.4 Å². The quantitative estimate of drug-likeness (QED) is 0.702. The monoisotopic (exact) mass is 348 g/mol. The van der Waals surface area contributed by atoms with Crippen LogP contribution in [0.25, 0.3) is 5.69 Å². The third-order valence-electron chi connectivity index (χ3n) is 3.91. The van der Waals surface area contributed by atoms with Crippen LogP contribution in [0.2, 0.25) is 0 Å². The van der Waals surface area contributed by atoms with Gasteiger partial charge in [-0.1, -0.05) is 30.3 Å². The molecule has 0 spiro atoms. The molecule has 5 nitrogen and oxygen atoms in total. The summed E-state index contributed by atoms with van der Waals surface area (Å²) in [6, 6.07) is 18.5. The summed E-state index contributed by atoms with van der Waals surface area (Å²) in [5.41, 5.74) is 2.78. The Bertz CT molecular complexity index is 981. The molecule has 124 valence electrons. The van der Waals surface area contributed by atoms with Gasteiger partial charge >= 0.3 is 0 Å². The van der Waals surface area contributed by atoms with Crippen molar-refractivity contribution < 1.29 is 4.79 Å². The highest BCUT2D eigenvalue weighted by Gasteiger charge is 2.17. The van der Waals surface area contributed by atoms with Crippen LogP contribution in [0.1, 0.15) is 34.6 Å². The molecule has 3 rings (SSSR count). The second kappa shape index (κ2) is 7.16. The van der Waals surface area contributed by atoms with Gasteiger partial charge in [-0.25, -0.2) is 0 Å². The number of para-hydroxylation sites is 1. The number of H-pyrrole nitrogens is 1. The summed E-state index contributed by atoms with van der Waals surface area (Å²) in [5.74, 6) is -0.229. The summed E-state index contributed by atoms with van der Waals surface area (Å²) in [7, 11) is 0. The highest BCUT2D eigenvalue weighted by atomic mass is 32.1. The molecule has 3 aromatic rings. The molecule has 25 heavy (non-hydrogen) atoms. The van der Waals surface area contributed by atoms with E-state index < -0.39 is 0 Å². The van der Waals surface area contributed by atoms with Crippen molar-refractivity contribution in [3.63, 3.8) is 0 Å². The number of carbonyl (C=O) groups is 1. The van der Waals surface area contributed by atoms with E-state index in [9.17, 15) is 4.79 Å². The Kier molecular flexibility index (Phi) is 4.78. The number of nitrogens with one attached hydrogen (secondary N) is 2. The van der Waals surface area contributed by atoms with Crippen LogP contribution >= 0.6 is 12.2 Å². The molecule has 2 aromatic carbocycles. The Morgan fingerprint density at radius 1 is 1.20 bits per heavy atom. The summed E-state index contributed by atoms with van der Waals surface area (Å²) >= 11 is 5.31. The van der Waals surface area contributed by atoms with Crippen molar-refractivity contribution in [2.45, 2.75) is 13.0 Å². The number of amides is 1. The van der Waals surface area contributed by atoms with Crippen molar-refractivity contribution in [2.24, 2.45) is 0 Å². The third-order valence-corrected chi connectivity index (χ3v) is 4.21. The summed E-state index contributed by atoms with van der Waals surface area (Å²) in [6.45, 7) is 1.90. The van der Waals surface area contributed by atoms with E-state index in [1.807, 2.05) is 49.4 Å². The Balaban J connectivity index is 1.84. The molecular formula is C19H16N4OS. The Labute approximate surface area is 150 Å². The number of nitriles is 1. The van der Waals surface area contributed by atoms with E-state index in [-0.39, 0.29) is 11.9 Å². The lowest BCUT2D eigenvalue weighted by Crippen LogP contribution is -2.28. The standard InChI is InChI=1S/C19H16N4OS/c1-13(15-9-7-14(11-20)8-10-15)22-18(24)17-12-21-19(25)23(17)16-5-3-2-4-6-16/h2-10,12-13H,1H3,(H,21,25)(H,22,24). The SMILES string of the molecule is CC(NC(=O)c1c[nH]c(=S)n1-c1ccccc1)c1ccc(C#N)cc1. The number of rotatable bonds is 4. The van der Waals surface area contributed by atoms with Crippen molar-refractivity contribution in [3.8, 4) is 11.8 Å². The van der Waals surface area contributed by atoms with Crippen molar-refractivity contribution in [2.75, 3.05) is 0 Å². The number of aromatic nitrogens is 2. The maximum Gasteiger partial charge on any atom is 0.270 e. The first kappa shape index (κ1) is 16.7. The normalized spacial score (nSPS) is 11.5. The number of imidazole rings is 1. The maximum absolute atomic E-state index is 12.7. The van der Waals surface area contributed by atoms with Crippen molar-refractivity contribution >= 4 is 18.1 Å². The molecule has 0 bridgehead atoms. The van der Waals surface area contributed by atoms with Crippen LogP contribution in [-0.4, -0.2) is 15.5 Å². The van der Waals surface area contributed by atoms with Crippen LogP contribution < -0.4 is 5.32 Å². The van der Waals surface area contributed by atoms with E-state index in [1.165, 1.54) is 0 Å². The number of benzene rings is 2. The summed E-state index contributed by atoms with van der Waals surface area (Å²) < 4.78 is 2.17. The molecule has 2 N–H and O–H groups in total. The maximum atomic E-state index is 12.7. The molecular weight excluding hydrogens is 332 g/mol. The van der Waals surface area contributed by atoms with Gasteiger partial charge in [0.25, 0.3) is 5.91 Å². The van der Waals surface area contributed by atoms with E-state index in [0.717, 1.165) is 11.3 Å². The lowest BCUT2D eigenvalue weighted by molar-refractivity contribution is 0.0933. The molecule has 0 fully saturated rings. The predicted molar refractivity (Wildman–Crippen MR) is 98.0 cm³/mol. The van der Waals surface area contributed by atoms with E-state index >= 15 is 0 Å². The van der Waals surface area contributed by atoms with Gasteiger partial charge in [0.15, 0.2) is 4.77 Å². The second-order valence-corrected chi connectivity index (χ2v) is 5.97. The molecule has 0 aliphatic rings. The van der Waals surface area contributed by atoms with Gasteiger partial charge in [-0.15, -0.1) is 0 Å². The van der Waals surface area contributed by atoms with Crippen LogP contribution in [0, 0.1) is 16.1 Å². The fourth-order valence-electron chi connectivity index (χ4n) is 2.57. The molecule has 1 unspecified atom stereocenters. The highest BCUT2D eigenvalue weighted by molar-refractivity contribution is 7.71. The van der Waals surface area contributed by atoms with Crippen molar-refractivity contribution in [3.05, 3.63) is 82.4 Å². The molecule has 0 saturated heterocycles. The van der Waals surface area contributed by atoms with E-state index in [0.29, 0.717) is 16.0 Å². The molecule has 6 heteroatoms. The average Bonchev–Trinajstić information content (AvgIpc) is 3.04. The minimum atomic E-state index is -0.229. The smallest absolute Gasteiger partial charge is 0.270 e. The fourth-order valence-corrected chi connectivity index (χ4v) is 2.83. The van der Waals surface area contributed by atoms with Crippen LogP contribution in [0.3, 0.4) is 0 Å². The van der Waals surface area contributed by atoms with Crippen molar-refractivity contribution in [1.29, 1.82) is 5.26 Å². The first-order valence-corrected chi connectivity index (χ1v) is 8.18. The molecule has 1 atom stereocenters. The van der Waals surface area contributed by atoms with Crippen LogP contribution in [0.15, 0.2) is 60.8 Å². The van der Waals surface area contributed by atoms with E-state index in [4.69, 9.17) is 17.5 Å². The predicted octanol–water partition coefficient (Wildman–Crippen LogP) is 3.90. The van der Waals surface area contributed by atoms with Gasteiger partial charge in [-0.3, -0.25) is 9.36 Å². The van der Waals surface area contributed by atoms with E-state index in [1.54, 1.807) is 22.9 Å². The minimum absolute atomic E-state index is 0.201. The topological polar surface area (TPSA) is 73.6 Å². The zero-order valence-electron chi connectivity index (χ0n) is 13.6. The number of hydrogen-bond acceptors (Lipinski definition) is 3. The number of nitrogens with zero attached hydrogens (tertiary/aromatic N) is 2. The van der Waals surface area contributed by atoms with Gasteiger partial charge in [-0.05, 0) is 49.0 Å². The van der Waals surface area contributed by atoms with Gasteiger partial charge in [0, 0.05) is 11.9 Å². The van der Waals surface area contributed by atoms with Gasteiger partial charge < -0.3 is 10.3 Å². The van der Waals surface area contributed by atoms with Gasteiger partial charge in [0.05, 0.1) is 17.7 Å². The summed E-state index contributed by atoms with van der Waals surface area (Å²) in [5, 5.41) is 11.8. The third kappa shape index (κ3) is 3.52. The van der Waals surface area contributed by atoms with Gasteiger partial charge in [0.1, 0.15) is 5.69 Å². The molecule has 1 amide bonds. The fraction of sp³-hybridized carbons (Fsp3) is 0.105. The summed E-state index contributed by atoms with van der Waals surface area (Å²) in [6.07, 6.45) is 1.61. The molecule has 0 saturated carbocycles.